The molecule has 0 fully saturated rings. The number of hydrogen-bond acceptors (Lipinski definition) is 15. The number of nitrogens with two attached hydrogens (primary N) is 1. The number of ether oxygens (including phenoxy) is 5. The van der Waals surface area contributed by atoms with Crippen LogP contribution in [-0.2, 0) is 55.8 Å². The SMILES string of the molecule is CC.CC(=O)c1ccc(C)cc1.CC(C)(C)OC(=O)CC(=O)O.CCCCCCOc1ccc([C@@](CC(=O)CC(=O)OC(C)(C)C)(CC(=O)c2ccc(C)cc2)C(F)(F)F)cc1.CCCCCCOc1ccc([C@@](N)(CC(=O)c2ccc(C)cc2)C(F)(F)F)cc1.CCCCCCOc1ccc([C@](CC(=O)c2ccc(C)cc2)(CS(=O)C(C)(C)C)C(F)(F)F)cc1. The summed E-state index contributed by atoms with van der Waals surface area (Å²) in [6.45, 7) is 35.6. The second-order valence-electron chi connectivity index (χ2n) is 34.0. The predicted molar refractivity (Wildman–Crippen MR) is 479 cm³/mol. The van der Waals surface area contributed by atoms with Crippen molar-refractivity contribution in [1.82, 2.24) is 0 Å². The van der Waals surface area contributed by atoms with Gasteiger partial charge in [-0.1, -0.05) is 248 Å². The number of Topliss-reactive ketones (excluding diaryl/α,β-unsaturated/α-hetero) is 5. The Hall–Kier alpha value is -9.82. The van der Waals surface area contributed by atoms with Gasteiger partial charge in [0, 0.05) is 69.2 Å². The molecule has 0 radical (unpaired) electrons. The van der Waals surface area contributed by atoms with Gasteiger partial charge in [0.25, 0.3) is 0 Å². The number of carbonyl (C=O) groups is 8. The molecule has 3 N–H and O–H groups in total. The van der Waals surface area contributed by atoms with Gasteiger partial charge in [-0.25, -0.2) is 0 Å². The van der Waals surface area contributed by atoms with E-state index in [0.717, 1.165) is 99.3 Å². The summed E-state index contributed by atoms with van der Waals surface area (Å²) in [7, 11) is -1.85. The Balaban J connectivity index is 0.000000570. The minimum absolute atomic E-state index is 0.0820. The quantitative estimate of drug-likeness (QED) is 0.0120. The Labute approximate surface area is 742 Å². The molecule has 26 heteroatoms. The highest BCUT2D eigenvalue weighted by Gasteiger charge is 2.60. The Morgan fingerprint density at radius 1 is 0.365 bits per heavy atom. The van der Waals surface area contributed by atoms with Gasteiger partial charge >= 0.3 is 36.4 Å². The van der Waals surface area contributed by atoms with Crippen LogP contribution < -0.4 is 19.9 Å². The van der Waals surface area contributed by atoms with Gasteiger partial charge < -0.3 is 34.5 Å². The Morgan fingerprint density at radius 3 is 0.929 bits per heavy atom. The molecule has 696 valence electrons. The molecule has 1 unspecified atom stereocenters. The number of aliphatic carboxylic acids is 1. The van der Waals surface area contributed by atoms with Crippen molar-refractivity contribution in [1.29, 1.82) is 0 Å². The summed E-state index contributed by atoms with van der Waals surface area (Å²) in [5.41, 5.74) is 0.766. The first-order valence-electron chi connectivity index (χ1n) is 42.8. The lowest BCUT2D eigenvalue weighted by atomic mass is 9.71. The van der Waals surface area contributed by atoms with Gasteiger partial charge in [-0.2, -0.15) is 39.5 Å². The van der Waals surface area contributed by atoms with Crippen molar-refractivity contribution in [2.75, 3.05) is 25.6 Å². The summed E-state index contributed by atoms with van der Waals surface area (Å²) in [4.78, 5) is 95.3. The second-order valence-corrected chi connectivity index (χ2v) is 36.2. The summed E-state index contributed by atoms with van der Waals surface area (Å²) < 4.78 is 170. The van der Waals surface area contributed by atoms with Crippen LogP contribution in [0.25, 0.3) is 0 Å². The molecule has 4 atom stereocenters. The zero-order valence-electron chi connectivity index (χ0n) is 76.8. The third-order valence-electron chi connectivity index (χ3n) is 19.6. The van der Waals surface area contributed by atoms with Crippen molar-refractivity contribution in [3.8, 4) is 17.2 Å². The van der Waals surface area contributed by atoms with E-state index in [4.69, 9.17) is 34.5 Å². The maximum Gasteiger partial charge on any atom is 0.411 e. The minimum Gasteiger partial charge on any atom is -0.494 e. The molecule has 0 heterocycles. The monoisotopic (exact) mass is 1790 g/mol. The van der Waals surface area contributed by atoms with E-state index in [2.05, 4.69) is 20.8 Å². The number of carboxylic acid groups (broad SMARTS) is 1. The van der Waals surface area contributed by atoms with Crippen LogP contribution in [0, 0.1) is 27.7 Å². The number of carbonyl (C=O) groups excluding carboxylic acids is 7. The van der Waals surface area contributed by atoms with Crippen LogP contribution in [0.15, 0.2) is 170 Å². The van der Waals surface area contributed by atoms with E-state index >= 15 is 0 Å². The van der Waals surface area contributed by atoms with Crippen LogP contribution in [0.3, 0.4) is 0 Å². The van der Waals surface area contributed by atoms with Gasteiger partial charge in [-0.05, 0) is 169 Å². The van der Waals surface area contributed by atoms with Crippen molar-refractivity contribution >= 4 is 57.6 Å². The van der Waals surface area contributed by atoms with Gasteiger partial charge in [0.2, 0.25) is 0 Å². The summed E-state index contributed by atoms with van der Waals surface area (Å²) >= 11 is 0. The van der Waals surface area contributed by atoms with Crippen molar-refractivity contribution in [2.24, 2.45) is 5.73 Å². The van der Waals surface area contributed by atoms with E-state index in [9.17, 15) is 82.1 Å². The number of aryl methyl sites for hydroxylation is 4. The summed E-state index contributed by atoms with van der Waals surface area (Å²) in [5, 5.41) is 8.18. The molecular weight excluding hydrogens is 1660 g/mol. The highest BCUT2D eigenvalue weighted by atomic mass is 32.2. The topological polar surface area (TPSA) is 246 Å². The molecule has 16 nitrogen and oxygen atoms in total. The fourth-order valence-electron chi connectivity index (χ4n) is 12.3. The first-order valence-corrected chi connectivity index (χ1v) is 44.1. The Morgan fingerprint density at radius 2 is 0.651 bits per heavy atom. The Kier molecular flexibility index (Phi) is 47.3. The number of ketones is 5. The van der Waals surface area contributed by atoms with Gasteiger partial charge in [-0.15, -0.1) is 0 Å². The number of hydrogen-bond donors (Lipinski definition) is 2. The van der Waals surface area contributed by atoms with Gasteiger partial charge in [0.1, 0.15) is 63.4 Å². The second kappa shape index (κ2) is 53.1. The van der Waals surface area contributed by atoms with Crippen molar-refractivity contribution < 1.29 is 111 Å². The third-order valence-corrected chi connectivity index (χ3v) is 21.7. The number of carboxylic acids is 1. The average Bonchev–Trinajstić information content (AvgIpc) is 0.761. The summed E-state index contributed by atoms with van der Waals surface area (Å²) in [6, 6.07) is 43.3. The summed E-state index contributed by atoms with van der Waals surface area (Å²) in [5.74, 6) is -5.01. The van der Waals surface area contributed by atoms with E-state index < -0.39 is 147 Å². The number of benzene rings is 7. The molecule has 0 aliphatic heterocycles. The lowest BCUT2D eigenvalue weighted by Gasteiger charge is -2.37. The molecule has 0 bridgehead atoms. The lowest BCUT2D eigenvalue weighted by molar-refractivity contribution is -0.194. The van der Waals surface area contributed by atoms with Gasteiger partial charge in [0.15, 0.2) is 23.1 Å². The number of halogens is 9. The van der Waals surface area contributed by atoms with Crippen LogP contribution in [-0.4, -0.2) is 116 Å². The van der Waals surface area contributed by atoms with E-state index in [-0.39, 0.29) is 39.2 Å². The average molecular weight is 1790 g/mol. The van der Waals surface area contributed by atoms with Crippen LogP contribution in [0.2, 0.25) is 0 Å². The fourth-order valence-corrected chi connectivity index (χ4v) is 13.6. The predicted octanol–water partition coefficient (Wildman–Crippen LogP) is 25.3. The highest BCUT2D eigenvalue weighted by molar-refractivity contribution is 7.86. The van der Waals surface area contributed by atoms with Crippen LogP contribution >= 0.6 is 0 Å². The van der Waals surface area contributed by atoms with Crippen LogP contribution in [0.4, 0.5) is 39.5 Å². The summed E-state index contributed by atoms with van der Waals surface area (Å²) in [6.07, 6.45) is -7.44. The zero-order valence-corrected chi connectivity index (χ0v) is 77.6. The molecule has 0 amide bonds. The Bertz CT molecular complexity index is 4490. The molecule has 126 heavy (non-hydrogen) atoms. The van der Waals surface area contributed by atoms with Crippen molar-refractivity contribution in [2.45, 2.75) is 298 Å². The van der Waals surface area contributed by atoms with E-state index in [1.165, 1.54) is 115 Å². The van der Waals surface area contributed by atoms with Crippen molar-refractivity contribution in [3.63, 3.8) is 0 Å². The molecule has 7 aromatic carbocycles. The standard InChI is InChI=1S/C31H39F3O5.C28H37F3O3S.C23H28F3NO2.C9H10O.C7H12O4.C2H6/c1-6-7-8-9-18-38-26-16-14-24(15-17-26)30(31(32,33)34,20-25(35)19-28(37)39-29(3,4)5)21-27(36)23-12-10-22(2)11-13-23;1-6-7-8-9-18-34-24-16-14-23(15-17-24)27(28(29,30)31,20-35(33)26(3,4)5)19-25(32)22-12-10-21(2)11-13-22;1-3-4-5-6-15-29-20-13-11-19(12-14-20)22(27,23(24,25)26)16-21(28)18-9-7-17(2)8-10-18;1-7-3-5-9(6-4-7)8(2)10;1-7(2,3)11-6(10)4-5(8)9;1-2/h10-17H,6-9,18-21H2,1-5H3;10-17H,6-9,18-20H2,1-5H3;7-14H,3-6,15-16,27H2,1-2H3;3-6H,1-2H3;4H2,1-3H3,(H,8,9);1-2H3/t30-;27-,35?;22-;;;/m100.../s1. The van der Waals surface area contributed by atoms with Gasteiger partial charge in [0.05, 0.1) is 19.8 Å². The molecule has 7 rings (SSSR count). The molecule has 0 saturated carbocycles. The highest BCUT2D eigenvalue weighted by Crippen LogP contribution is 2.50. The van der Waals surface area contributed by atoms with Crippen molar-refractivity contribution in [3.05, 3.63) is 231 Å². The zero-order chi connectivity index (χ0) is 95.7. The van der Waals surface area contributed by atoms with E-state index in [1.807, 2.05) is 58.9 Å². The third kappa shape index (κ3) is 40.0. The smallest absolute Gasteiger partial charge is 0.411 e. The molecule has 0 aliphatic carbocycles. The molecule has 0 aliphatic rings. The first-order chi connectivity index (χ1) is 58.6. The lowest BCUT2D eigenvalue weighted by Crippen LogP contribution is -2.51. The molecule has 0 aromatic heterocycles. The molecular formula is C100H132F9NO15S. The number of esters is 2. The maximum absolute atomic E-state index is 14.9. The van der Waals surface area contributed by atoms with E-state index in [0.29, 0.717) is 37.1 Å². The fraction of sp³-hybridized carbons (Fsp3) is 0.500. The molecule has 0 saturated heterocycles. The number of unbranched alkanes of at least 4 members (excludes halogenated alkanes) is 9. The van der Waals surface area contributed by atoms with Crippen LogP contribution in [0.5, 0.6) is 17.2 Å². The number of rotatable bonds is 39. The van der Waals surface area contributed by atoms with Crippen LogP contribution in [0.1, 0.15) is 300 Å². The molecule has 7 aromatic rings. The number of alkyl halides is 9. The van der Waals surface area contributed by atoms with Gasteiger partial charge in [-0.3, -0.25) is 42.6 Å². The first kappa shape index (κ1) is 112. The maximum atomic E-state index is 14.9. The minimum atomic E-state index is -4.97. The normalized spacial score (nSPS) is 13.2. The molecule has 0 spiro atoms. The largest absolute Gasteiger partial charge is 0.494 e. The van der Waals surface area contributed by atoms with E-state index in [1.54, 1.807) is 113 Å².